The maximum absolute atomic E-state index is 12.5. The van der Waals surface area contributed by atoms with E-state index in [0.29, 0.717) is 27.8 Å². The van der Waals surface area contributed by atoms with Crippen LogP contribution in [0.5, 0.6) is 11.5 Å². The summed E-state index contributed by atoms with van der Waals surface area (Å²) in [6, 6.07) is 16.1. The van der Waals surface area contributed by atoms with E-state index in [1.807, 2.05) is 0 Å². The van der Waals surface area contributed by atoms with E-state index in [2.05, 4.69) is 6.07 Å². The lowest BCUT2D eigenvalue weighted by Gasteiger charge is -2.26. The summed E-state index contributed by atoms with van der Waals surface area (Å²) < 4.78 is 16.4. The highest BCUT2D eigenvalue weighted by atomic mass is 35.5. The largest absolute Gasteiger partial charge is 0.463 e. The summed E-state index contributed by atoms with van der Waals surface area (Å²) in [5, 5.41) is 10.2. The summed E-state index contributed by atoms with van der Waals surface area (Å²) in [5.74, 6) is 0.292. The third-order valence-corrected chi connectivity index (χ3v) is 4.62. The van der Waals surface area contributed by atoms with Gasteiger partial charge in [-0.2, -0.15) is 5.26 Å². The van der Waals surface area contributed by atoms with E-state index in [1.54, 1.807) is 62.4 Å². The van der Waals surface area contributed by atoms with E-state index in [1.165, 1.54) is 0 Å². The second-order valence-corrected chi connectivity index (χ2v) is 6.68. The Morgan fingerprint density at radius 3 is 2.31 bits per heavy atom. The molecule has 2 aromatic rings. The van der Waals surface area contributed by atoms with Gasteiger partial charge in [0.1, 0.15) is 28.9 Å². The number of carbonyl (C=O) groups excluding carboxylic acids is 1. The number of nitrogens with zero attached hydrogens (tertiary/aromatic N) is 1. The van der Waals surface area contributed by atoms with Gasteiger partial charge in [0.15, 0.2) is 0 Å². The van der Waals surface area contributed by atoms with Crippen molar-refractivity contribution in [2.24, 2.45) is 5.73 Å². The van der Waals surface area contributed by atoms with Gasteiger partial charge in [0.05, 0.1) is 18.1 Å². The molecule has 7 heteroatoms. The molecule has 0 saturated heterocycles. The fourth-order valence-corrected chi connectivity index (χ4v) is 3.18. The summed E-state index contributed by atoms with van der Waals surface area (Å²) in [5.41, 5.74) is 7.01. The van der Waals surface area contributed by atoms with Crippen molar-refractivity contribution in [3.8, 4) is 17.6 Å². The minimum atomic E-state index is -0.683. The number of benzene rings is 2. The van der Waals surface area contributed by atoms with Crippen LogP contribution in [0, 0.1) is 11.3 Å². The van der Waals surface area contributed by atoms with Crippen LogP contribution < -0.4 is 10.5 Å². The molecule has 1 aliphatic heterocycles. The van der Waals surface area contributed by atoms with Crippen LogP contribution in [-0.4, -0.2) is 12.6 Å². The van der Waals surface area contributed by atoms with E-state index < -0.39 is 11.9 Å². The summed E-state index contributed by atoms with van der Waals surface area (Å²) in [4.78, 5) is 12.5. The molecule has 2 N–H and O–H groups in total. The lowest BCUT2D eigenvalue weighted by atomic mass is 9.83. The van der Waals surface area contributed by atoms with Crippen LogP contribution in [-0.2, 0) is 14.3 Å². The number of allylic oxidation sites excluding steroid dienone is 2. The van der Waals surface area contributed by atoms with Gasteiger partial charge in [-0.3, -0.25) is 0 Å². The molecule has 0 aromatic heterocycles. The fraction of sp³-hybridized carbons (Fsp3) is 0.182. The van der Waals surface area contributed by atoms with Crippen LogP contribution >= 0.6 is 11.6 Å². The van der Waals surface area contributed by atoms with Crippen LogP contribution in [0.15, 0.2) is 71.3 Å². The first-order valence-corrected chi connectivity index (χ1v) is 9.31. The van der Waals surface area contributed by atoms with E-state index in [4.69, 9.17) is 31.5 Å². The van der Waals surface area contributed by atoms with Gasteiger partial charge in [0.2, 0.25) is 5.88 Å². The molecule has 3 rings (SSSR count). The topological polar surface area (TPSA) is 94.6 Å². The zero-order chi connectivity index (χ0) is 21.0. The number of carbonyl (C=O) groups is 1. The summed E-state index contributed by atoms with van der Waals surface area (Å²) >= 11 is 5.89. The molecule has 1 heterocycles. The Kier molecular flexibility index (Phi) is 6.10. The Bertz CT molecular complexity index is 1020. The minimum Gasteiger partial charge on any atom is -0.463 e. The Balaban J connectivity index is 1.94. The maximum Gasteiger partial charge on any atom is 0.338 e. The monoisotopic (exact) mass is 410 g/mol. The quantitative estimate of drug-likeness (QED) is 0.713. The van der Waals surface area contributed by atoms with Crippen molar-refractivity contribution in [1.82, 2.24) is 0 Å². The molecule has 0 saturated carbocycles. The van der Waals surface area contributed by atoms with Crippen LogP contribution in [0.2, 0.25) is 5.02 Å². The van der Waals surface area contributed by atoms with Crippen molar-refractivity contribution in [2.45, 2.75) is 19.8 Å². The standard InChI is InChI=1S/C22H19ClN2O4/c1-3-27-22(26)19-13(2)28-21(25)18(12-24)20(19)14-4-8-16(9-5-14)29-17-10-6-15(23)7-11-17/h4-11,20H,3,25H2,1-2H3. The molecule has 0 radical (unpaired) electrons. The van der Waals surface area contributed by atoms with Crippen molar-refractivity contribution in [3.63, 3.8) is 0 Å². The van der Waals surface area contributed by atoms with Crippen molar-refractivity contribution >= 4 is 17.6 Å². The van der Waals surface area contributed by atoms with E-state index >= 15 is 0 Å². The van der Waals surface area contributed by atoms with Crippen LogP contribution in [0.3, 0.4) is 0 Å². The number of esters is 1. The van der Waals surface area contributed by atoms with Crippen LogP contribution in [0.25, 0.3) is 0 Å². The molecule has 0 fully saturated rings. The smallest absolute Gasteiger partial charge is 0.338 e. The molecule has 1 atom stereocenters. The van der Waals surface area contributed by atoms with E-state index in [9.17, 15) is 10.1 Å². The highest BCUT2D eigenvalue weighted by Gasteiger charge is 2.36. The molecular formula is C22H19ClN2O4. The van der Waals surface area contributed by atoms with Gasteiger partial charge in [-0.15, -0.1) is 0 Å². The molecule has 0 spiro atoms. The molecule has 0 aliphatic carbocycles. The molecule has 0 amide bonds. The minimum absolute atomic E-state index is 0.0236. The number of rotatable bonds is 5. The lowest BCUT2D eigenvalue weighted by Crippen LogP contribution is -2.25. The van der Waals surface area contributed by atoms with E-state index in [-0.39, 0.29) is 23.6 Å². The number of hydrogen-bond donors (Lipinski definition) is 1. The average molecular weight is 411 g/mol. The predicted molar refractivity (Wildman–Crippen MR) is 108 cm³/mol. The first kappa shape index (κ1) is 20.3. The zero-order valence-electron chi connectivity index (χ0n) is 15.9. The molecular weight excluding hydrogens is 392 g/mol. The molecule has 2 aromatic carbocycles. The van der Waals surface area contributed by atoms with Gasteiger partial charge in [-0.25, -0.2) is 4.79 Å². The van der Waals surface area contributed by atoms with Gasteiger partial charge in [-0.1, -0.05) is 23.7 Å². The predicted octanol–water partition coefficient (Wildman–Crippen LogP) is 4.78. The summed E-state index contributed by atoms with van der Waals surface area (Å²) in [6.45, 7) is 3.54. The summed E-state index contributed by atoms with van der Waals surface area (Å²) in [7, 11) is 0. The Labute approximate surface area is 173 Å². The van der Waals surface area contributed by atoms with Gasteiger partial charge < -0.3 is 19.9 Å². The van der Waals surface area contributed by atoms with Crippen LogP contribution in [0.4, 0.5) is 0 Å². The second kappa shape index (κ2) is 8.72. The number of hydrogen-bond acceptors (Lipinski definition) is 6. The van der Waals surface area contributed by atoms with Crippen molar-refractivity contribution < 1.29 is 19.0 Å². The van der Waals surface area contributed by atoms with Crippen molar-refractivity contribution in [2.75, 3.05) is 6.61 Å². The first-order chi connectivity index (χ1) is 13.9. The van der Waals surface area contributed by atoms with Crippen molar-refractivity contribution in [1.29, 1.82) is 5.26 Å². The lowest BCUT2D eigenvalue weighted by molar-refractivity contribution is -0.139. The van der Waals surface area contributed by atoms with Gasteiger partial charge in [0.25, 0.3) is 0 Å². The third-order valence-electron chi connectivity index (χ3n) is 4.36. The van der Waals surface area contributed by atoms with Gasteiger partial charge >= 0.3 is 5.97 Å². The van der Waals surface area contributed by atoms with Gasteiger partial charge in [-0.05, 0) is 55.8 Å². The zero-order valence-corrected chi connectivity index (χ0v) is 16.7. The number of halogens is 1. The summed E-state index contributed by atoms with van der Waals surface area (Å²) in [6.07, 6.45) is 0. The molecule has 148 valence electrons. The maximum atomic E-state index is 12.5. The highest BCUT2D eigenvalue weighted by molar-refractivity contribution is 6.30. The number of ether oxygens (including phenoxy) is 3. The third kappa shape index (κ3) is 4.36. The average Bonchev–Trinajstić information content (AvgIpc) is 2.70. The molecule has 6 nitrogen and oxygen atoms in total. The normalized spacial score (nSPS) is 16.1. The SMILES string of the molecule is CCOC(=O)C1=C(C)OC(N)=C(C#N)C1c1ccc(Oc2ccc(Cl)cc2)cc1. The Morgan fingerprint density at radius 2 is 1.76 bits per heavy atom. The van der Waals surface area contributed by atoms with E-state index in [0.717, 1.165) is 0 Å². The first-order valence-electron chi connectivity index (χ1n) is 8.93. The molecule has 0 bridgehead atoms. The number of nitriles is 1. The molecule has 29 heavy (non-hydrogen) atoms. The van der Waals surface area contributed by atoms with Crippen molar-refractivity contribution in [3.05, 3.63) is 81.9 Å². The Morgan fingerprint density at radius 1 is 1.17 bits per heavy atom. The van der Waals surface area contributed by atoms with Gasteiger partial charge in [0, 0.05) is 5.02 Å². The molecule has 1 unspecified atom stereocenters. The number of nitrogens with two attached hydrogens (primary N) is 1. The fourth-order valence-electron chi connectivity index (χ4n) is 3.06. The Hall–Kier alpha value is -3.43. The second-order valence-electron chi connectivity index (χ2n) is 6.24. The molecule has 1 aliphatic rings. The van der Waals surface area contributed by atoms with Crippen LogP contribution in [0.1, 0.15) is 25.3 Å². The highest BCUT2D eigenvalue weighted by Crippen LogP contribution is 2.40.